The number of hydrogen-bond donors (Lipinski definition) is 0. The molecule has 0 N–H and O–H groups in total. The topological polar surface area (TPSA) is 17.8 Å². The van der Waals surface area contributed by atoms with Gasteiger partial charge in [0, 0.05) is 23.6 Å². The Bertz CT molecular complexity index is 276. The van der Waals surface area contributed by atoms with Gasteiger partial charge in [-0.1, -0.05) is 22.5 Å². The van der Waals surface area contributed by atoms with Gasteiger partial charge in [-0.25, -0.2) is 0 Å². The van der Waals surface area contributed by atoms with Gasteiger partial charge in [0.15, 0.2) is 0 Å². The zero-order chi connectivity index (χ0) is 8.43. The molecule has 0 bridgehead atoms. The van der Waals surface area contributed by atoms with Gasteiger partial charge in [-0.05, 0) is 12.5 Å². The van der Waals surface area contributed by atoms with Crippen LogP contribution in [-0.2, 0) is 7.05 Å². The van der Waals surface area contributed by atoms with Crippen molar-refractivity contribution in [1.29, 1.82) is 0 Å². The molecule has 0 aliphatic carbocycles. The van der Waals surface area contributed by atoms with Crippen LogP contribution in [0.15, 0.2) is 12.8 Å². The third kappa shape index (κ3) is 1.53. The van der Waals surface area contributed by atoms with Crippen molar-refractivity contribution >= 4 is 21.5 Å². The summed E-state index contributed by atoms with van der Waals surface area (Å²) in [5.41, 5.74) is 3.38. The average molecular weight is 215 g/mol. The van der Waals surface area contributed by atoms with Crippen molar-refractivity contribution in [2.45, 2.75) is 6.92 Å². The van der Waals surface area contributed by atoms with Gasteiger partial charge < -0.3 is 0 Å². The molecule has 0 unspecified atom stereocenters. The van der Waals surface area contributed by atoms with E-state index in [1.807, 2.05) is 24.9 Å². The number of rotatable bonds is 2. The molecule has 3 heteroatoms. The Morgan fingerprint density at radius 1 is 1.82 bits per heavy atom. The van der Waals surface area contributed by atoms with Crippen LogP contribution in [0.2, 0.25) is 0 Å². The minimum Gasteiger partial charge on any atom is -0.272 e. The fourth-order valence-electron chi connectivity index (χ4n) is 0.918. The van der Waals surface area contributed by atoms with E-state index in [9.17, 15) is 0 Å². The largest absolute Gasteiger partial charge is 0.272 e. The predicted molar refractivity (Wildman–Crippen MR) is 50.8 cm³/mol. The van der Waals surface area contributed by atoms with Gasteiger partial charge in [0.1, 0.15) is 0 Å². The maximum absolute atomic E-state index is 4.12. The van der Waals surface area contributed by atoms with E-state index in [0.29, 0.717) is 0 Å². The average Bonchev–Trinajstić information content (AvgIpc) is 2.32. The Labute approximate surface area is 75.0 Å². The summed E-state index contributed by atoms with van der Waals surface area (Å²) in [6, 6.07) is 0. The predicted octanol–water partition coefficient (Wildman–Crippen LogP) is 2.14. The first-order valence-electron chi connectivity index (χ1n) is 3.39. The fraction of sp³-hybridized carbons (Fsp3) is 0.375. The van der Waals surface area contributed by atoms with Gasteiger partial charge in [0.2, 0.25) is 0 Å². The van der Waals surface area contributed by atoms with Crippen LogP contribution in [-0.4, -0.2) is 15.1 Å². The molecule has 60 valence electrons. The van der Waals surface area contributed by atoms with Crippen molar-refractivity contribution in [3.63, 3.8) is 0 Å². The van der Waals surface area contributed by atoms with E-state index in [2.05, 4.69) is 27.6 Å². The van der Waals surface area contributed by atoms with Crippen molar-refractivity contribution in [2.24, 2.45) is 7.05 Å². The Kier molecular flexibility index (Phi) is 2.49. The number of nitrogens with zero attached hydrogens (tertiary/aromatic N) is 2. The molecule has 1 aromatic heterocycles. The summed E-state index contributed by atoms with van der Waals surface area (Å²) in [5, 5.41) is 4.93. The van der Waals surface area contributed by atoms with Crippen LogP contribution < -0.4 is 0 Å². The van der Waals surface area contributed by atoms with Crippen molar-refractivity contribution in [2.75, 3.05) is 5.33 Å². The molecule has 0 saturated carbocycles. The summed E-state index contributed by atoms with van der Waals surface area (Å²) < 4.78 is 1.85. The van der Waals surface area contributed by atoms with Crippen molar-refractivity contribution in [3.8, 4) is 0 Å². The van der Waals surface area contributed by atoms with Crippen LogP contribution in [0.1, 0.15) is 11.3 Å². The van der Waals surface area contributed by atoms with Crippen molar-refractivity contribution in [1.82, 2.24) is 9.78 Å². The van der Waals surface area contributed by atoms with Gasteiger partial charge >= 0.3 is 0 Å². The lowest BCUT2D eigenvalue weighted by molar-refractivity contribution is 0.740. The van der Waals surface area contributed by atoms with E-state index >= 15 is 0 Å². The molecule has 0 atom stereocenters. The number of aryl methyl sites for hydroxylation is 1. The third-order valence-corrected chi connectivity index (χ3v) is 2.45. The Balaban J connectivity index is 3.04. The molecule has 2 nitrogen and oxygen atoms in total. The highest BCUT2D eigenvalue weighted by atomic mass is 79.9. The fourth-order valence-corrected chi connectivity index (χ4v) is 1.22. The summed E-state index contributed by atoms with van der Waals surface area (Å²) in [6.07, 6.45) is 1.85. The molecular weight excluding hydrogens is 204 g/mol. The zero-order valence-corrected chi connectivity index (χ0v) is 8.35. The lowest BCUT2D eigenvalue weighted by atomic mass is 10.1. The number of aromatic nitrogens is 2. The second-order valence-corrected chi connectivity index (χ2v) is 3.07. The normalized spacial score (nSPS) is 10.1. The first-order chi connectivity index (χ1) is 5.16. The molecule has 1 heterocycles. The lowest BCUT2D eigenvalue weighted by Crippen LogP contribution is -1.93. The van der Waals surface area contributed by atoms with E-state index in [1.165, 1.54) is 0 Å². The van der Waals surface area contributed by atoms with Gasteiger partial charge in [-0.3, -0.25) is 4.68 Å². The SMILES string of the molecule is C=C(CBr)c1cnn(C)c1C. The maximum atomic E-state index is 4.12. The minimum absolute atomic E-state index is 0.805. The number of hydrogen-bond acceptors (Lipinski definition) is 1. The van der Waals surface area contributed by atoms with Crippen LogP contribution in [0.4, 0.5) is 0 Å². The molecule has 0 radical (unpaired) electrons. The molecule has 1 rings (SSSR count). The Morgan fingerprint density at radius 2 is 2.45 bits per heavy atom. The molecule has 0 spiro atoms. The summed E-state index contributed by atoms with van der Waals surface area (Å²) in [6.45, 7) is 5.96. The second-order valence-electron chi connectivity index (χ2n) is 2.50. The molecule has 0 aromatic carbocycles. The highest BCUT2D eigenvalue weighted by Crippen LogP contribution is 2.17. The van der Waals surface area contributed by atoms with Crippen LogP contribution in [0.5, 0.6) is 0 Å². The molecular formula is C8H11BrN2. The Hall–Kier alpha value is -0.570. The molecule has 0 aliphatic heterocycles. The van der Waals surface area contributed by atoms with E-state index in [0.717, 1.165) is 22.2 Å². The third-order valence-electron chi connectivity index (χ3n) is 1.78. The van der Waals surface area contributed by atoms with Gasteiger partial charge in [-0.2, -0.15) is 5.10 Å². The summed E-state index contributed by atoms with van der Waals surface area (Å²) in [7, 11) is 1.93. The molecule has 11 heavy (non-hydrogen) atoms. The lowest BCUT2D eigenvalue weighted by Gasteiger charge is -1.99. The summed E-state index contributed by atoms with van der Waals surface area (Å²) in [4.78, 5) is 0. The quantitative estimate of drug-likeness (QED) is 0.691. The molecule has 0 saturated heterocycles. The van der Waals surface area contributed by atoms with Crippen LogP contribution in [0.25, 0.3) is 5.57 Å². The second kappa shape index (κ2) is 3.22. The first-order valence-corrected chi connectivity index (χ1v) is 4.51. The number of allylic oxidation sites excluding steroid dienone is 1. The van der Waals surface area contributed by atoms with E-state index in [-0.39, 0.29) is 0 Å². The highest BCUT2D eigenvalue weighted by Gasteiger charge is 2.04. The van der Waals surface area contributed by atoms with Gasteiger partial charge in [0.25, 0.3) is 0 Å². The van der Waals surface area contributed by atoms with Crippen molar-refractivity contribution < 1.29 is 0 Å². The first kappa shape index (κ1) is 8.53. The van der Waals surface area contributed by atoms with Gasteiger partial charge in [-0.15, -0.1) is 0 Å². The Morgan fingerprint density at radius 3 is 2.82 bits per heavy atom. The van der Waals surface area contributed by atoms with Crippen LogP contribution in [0.3, 0.4) is 0 Å². The van der Waals surface area contributed by atoms with Gasteiger partial charge in [0.05, 0.1) is 6.20 Å². The maximum Gasteiger partial charge on any atom is 0.0567 e. The van der Waals surface area contributed by atoms with Crippen molar-refractivity contribution in [3.05, 3.63) is 24.0 Å². The van der Waals surface area contributed by atoms with E-state index < -0.39 is 0 Å². The number of halogens is 1. The molecule has 0 fully saturated rings. The molecule has 0 amide bonds. The van der Waals surface area contributed by atoms with E-state index in [4.69, 9.17) is 0 Å². The zero-order valence-electron chi connectivity index (χ0n) is 6.76. The number of alkyl halides is 1. The van der Waals surface area contributed by atoms with E-state index in [1.54, 1.807) is 0 Å². The summed E-state index contributed by atoms with van der Waals surface area (Å²) >= 11 is 3.36. The smallest absolute Gasteiger partial charge is 0.0567 e. The molecule has 1 aromatic rings. The summed E-state index contributed by atoms with van der Waals surface area (Å²) in [5.74, 6) is 0. The van der Waals surface area contributed by atoms with Crippen LogP contribution >= 0.6 is 15.9 Å². The monoisotopic (exact) mass is 214 g/mol. The highest BCUT2D eigenvalue weighted by molar-refractivity contribution is 9.09. The minimum atomic E-state index is 0.805. The standard InChI is InChI=1S/C8H11BrN2/c1-6(4-9)8-5-10-11(3)7(8)2/h5H,1,4H2,2-3H3. The van der Waals surface area contributed by atoms with Crippen LogP contribution in [0, 0.1) is 6.92 Å². The molecule has 0 aliphatic rings.